The van der Waals surface area contributed by atoms with Crippen LogP contribution in [0.15, 0.2) is 78.9 Å². The third kappa shape index (κ3) is 1.93. The maximum atomic E-state index is 11.8. The minimum atomic E-state index is -1.35. The molecule has 5 nitrogen and oxygen atoms in total. The number of benzene rings is 3. The molecular weight excluding hydrogens is 314 g/mol. The lowest BCUT2D eigenvalue weighted by Gasteiger charge is -2.29. The standard InChI is InChI=1S/C20H15N3O2/c24-20(14-8-2-1-3-9-14)15-10-4-7-13-18(15)25-19(20)23-17-12-6-5-11-16(17)21-22-23/h1-13,19,24H. The van der Waals surface area contributed by atoms with Crippen molar-refractivity contribution in [3.63, 3.8) is 0 Å². The van der Waals surface area contributed by atoms with Gasteiger partial charge in [0.1, 0.15) is 11.3 Å². The maximum absolute atomic E-state index is 11.8. The highest BCUT2D eigenvalue weighted by molar-refractivity contribution is 5.74. The van der Waals surface area contributed by atoms with Crippen LogP contribution >= 0.6 is 0 Å². The number of para-hydroxylation sites is 2. The zero-order valence-corrected chi connectivity index (χ0v) is 13.3. The molecule has 1 aliphatic heterocycles. The summed E-state index contributed by atoms with van der Waals surface area (Å²) in [6.07, 6.45) is -0.736. The van der Waals surface area contributed by atoms with Gasteiger partial charge in [0.25, 0.3) is 0 Å². The molecule has 2 unspecified atom stereocenters. The Hall–Kier alpha value is -3.18. The second-order valence-electron chi connectivity index (χ2n) is 6.12. The second kappa shape index (κ2) is 5.16. The monoisotopic (exact) mass is 329 g/mol. The van der Waals surface area contributed by atoms with Crippen molar-refractivity contribution in [1.82, 2.24) is 15.0 Å². The van der Waals surface area contributed by atoms with Crippen molar-refractivity contribution >= 4 is 11.0 Å². The summed E-state index contributed by atoms with van der Waals surface area (Å²) in [4.78, 5) is 0. The van der Waals surface area contributed by atoms with E-state index in [0.717, 1.165) is 22.2 Å². The van der Waals surface area contributed by atoms with Gasteiger partial charge in [-0.05, 0) is 23.8 Å². The SMILES string of the molecule is OC1(c2ccccc2)c2ccccc2OC1n1nnc2ccccc21. The Labute approximate surface area is 144 Å². The molecule has 3 aromatic carbocycles. The van der Waals surface area contributed by atoms with Gasteiger partial charge in [-0.25, -0.2) is 4.68 Å². The average Bonchev–Trinajstić information content (AvgIpc) is 3.22. The topological polar surface area (TPSA) is 60.2 Å². The maximum Gasteiger partial charge on any atom is 0.230 e. The van der Waals surface area contributed by atoms with Crippen LogP contribution in [-0.2, 0) is 5.60 Å². The van der Waals surface area contributed by atoms with Crippen molar-refractivity contribution in [1.29, 1.82) is 0 Å². The van der Waals surface area contributed by atoms with Crippen LogP contribution < -0.4 is 4.74 Å². The van der Waals surface area contributed by atoms with Gasteiger partial charge in [-0.3, -0.25) is 0 Å². The molecule has 0 aliphatic carbocycles. The number of aliphatic hydroxyl groups is 1. The molecule has 2 heterocycles. The molecule has 0 spiro atoms. The van der Waals surface area contributed by atoms with Gasteiger partial charge in [-0.2, -0.15) is 0 Å². The Balaban J connectivity index is 1.77. The fraction of sp³-hybridized carbons (Fsp3) is 0.100. The van der Waals surface area contributed by atoms with E-state index in [1.165, 1.54) is 0 Å². The minimum Gasteiger partial charge on any atom is -0.464 e. The fourth-order valence-corrected chi connectivity index (χ4v) is 3.50. The smallest absolute Gasteiger partial charge is 0.230 e. The highest BCUT2D eigenvalue weighted by atomic mass is 16.5. The van der Waals surface area contributed by atoms with Gasteiger partial charge < -0.3 is 9.84 Å². The van der Waals surface area contributed by atoms with E-state index >= 15 is 0 Å². The van der Waals surface area contributed by atoms with Crippen LogP contribution in [0.2, 0.25) is 0 Å². The molecule has 2 atom stereocenters. The summed E-state index contributed by atoms with van der Waals surface area (Å²) in [7, 11) is 0. The molecule has 0 amide bonds. The molecule has 5 heteroatoms. The number of ether oxygens (including phenoxy) is 1. The van der Waals surface area contributed by atoms with Crippen molar-refractivity contribution in [2.24, 2.45) is 0 Å². The van der Waals surface area contributed by atoms with E-state index in [1.54, 1.807) is 4.68 Å². The van der Waals surface area contributed by atoms with Gasteiger partial charge in [-0.1, -0.05) is 65.9 Å². The van der Waals surface area contributed by atoms with Crippen LogP contribution in [0, 0.1) is 0 Å². The Morgan fingerprint density at radius 1 is 0.880 bits per heavy atom. The molecule has 122 valence electrons. The molecule has 1 N–H and O–H groups in total. The summed E-state index contributed by atoms with van der Waals surface area (Å²) < 4.78 is 7.80. The molecular formula is C20H15N3O2. The molecule has 0 saturated carbocycles. The molecule has 0 saturated heterocycles. The zero-order valence-electron chi connectivity index (χ0n) is 13.3. The van der Waals surface area contributed by atoms with E-state index in [9.17, 15) is 5.11 Å². The van der Waals surface area contributed by atoms with Gasteiger partial charge in [-0.15, -0.1) is 5.10 Å². The van der Waals surface area contributed by atoms with E-state index in [-0.39, 0.29) is 0 Å². The highest BCUT2D eigenvalue weighted by Crippen LogP contribution is 2.50. The third-order valence-electron chi connectivity index (χ3n) is 4.71. The first-order valence-electron chi connectivity index (χ1n) is 8.12. The number of rotatable bonds is 2. The Kier molecular flexibility index (Phi) is 2.93. The minimum absolute atomic E-state index is 0.651. The number of hydrogen-bond acceptors (Lipinski definition) is 4. The van der Waals surface area contributed by atoms with Crippen LogP contribution in [0.3, 0.4) is 0 Å². The lowest BCUT2D eigenvalue weighted by Crippen LogP contribution is -2.37. The van der Waals surface area contributed by atoms with Gasteiger partial charge in [0, 0.05) is 5.56 Å². The molecule has 4 aromatic rings. The van der Waals surface area contributed by atoms with E-state index < -0.39 is 11.8 Å². The van der Waals surface area contributed by atoms with Crippen LogP contribution in [0.4, 0.5) is 0 Å². The first-order chi connectivity index (χ1) is 12.3. The molecule has 25 heavy (non-hydrogen) atoms. The van der Waals surface area contributed by atoms with Crippen molar-refractivity contribution < 1.29 is 9.84 Å². The number of fused-ring (bicyclic) bond motifs is 2. The largest absolute Gasteiger partial charge is 0.464 e. The third-order valence-corrected chi connectivity index (χ3v) is 4.71. The van der Waals surface area contributed by atoms with Gasteiger partial charge in [0.2, 0.25) is 6.23 Å². The summed E-state index contributed by atoms with van der Waals surface area (Å²) in [6.45, 7) is 0. The quantitative estimate of drug-likeness (QED) is 0.613. The van der Waals surface area contributed by atoms with E-state index in [0.29, 0.717) is 5.75 Å². The Bertz CT molecular complexity index is 1060. The number of nitrogens with zero attached hydrogens (tertiary/aromatic N) is 3. The first kappa shape index (κ1) is 14.2. The predicted molar refractivity (Wildman–Crippen MR) is 93.1 cm³/mol. The van der Waals surface area contributed by atoms with E-state index in [4.69, 9.17) is 4.74 Å². The number of hydrogen-bond donors (Lipinski definition) is 1. The summed E-state index contributed by atoms with van der Waals surface area (Å²) in [5.74, 6) is 0.651. The molecule has 1 aromatic heterocycles. The fourth-order valence-electron chi connectivity index (χ4n) is 3.50. The molecule has 1 aliphatic rings. The van der Waals surface area contributed by atoms with Crippen molar-refractivity contribution in [3.8, 4) is 5.75 Å². The zero-order chi connectivity index (χ0) is 16.9. The number of aromatic nitrogens is 3. The van der Waals surface area contributed by atoms with E-state index in [2.05, 4.69) is 10.3 Å². The van der Waals surface area contributed by atoms with Gasteiger partial charge in [0.15, 0.2) is 5.60 Å². The van der Waals surface area contributed by atoms with Crippen LogP contribution in [-0.4, -0.2) is 20.1 Å². The summed E-state index contributed by atoms with van der Waals surface area (Å²) in [5.41, 5.74) is 1.70. The molecule has 0 bridgehead atoms. The first-order valence-corrected chi connectivity index (χ1v) is 8.12. The molecule has 0 fully saturated rings. The Morgan fingerprint density at radius 3 is 2.48 bits per heavy atom. The summed E-state index contributed by atoms with van der Waals surface area (Å²) in [6, 6.07) is 24.7. The molecule has 5 rings (SSSR count). The second-order valence-corrected chi connectivity index (χ2v) is 6.12. The lowest BCUT2D eigenvalue weighted by molar-refractivity contribution is -0.0517. The normalized spacial score (nSPS) is 21.9. The van der Waals surface area contributed by atoms with Crippen LogP contribution in [0.25, 0.3) is 11.0 Å². The van der Waals surface area contributed by atoms with Crippen molar-refractivity contribution in [3.05, 3.63) is 90.0 Å². The predicted octanol–water partition coefficient (Wildman–Crippen LogP) is 3.26. The Morgan fingerprint density at radius 2 is 1.60 bits per heavy atom. The van der Waals surface area contributed by atoms with Crippen molar-refractivity contribution in [2.45, 2.75) is 11.8 Å². The van der Waals surface area contributed by atoms with Crippen LogP contribution in [0.1, 0.15) is 17.4 Å². The van der Waals surface area contributed by atoms with Gasteiger partial charge in [0.05, 0.1) is 5.52 Å². The van der Waals surface area contributed by atoms with Gasteiger partial charge >= 0.3 is 0 Å². The summed E-state index contributed by atoms with van der Waals surface area (Å²) in [5, 5.41) is 20.3. The summed E-state index contributed by atoms with van der Waals surface area (Å²) >= 11 is 0. The van der Waals surface area contributed by atoms with Crippen molar-refractivity contribution in [2.75, 3.05) is 0 Å². The van der Waals surface area contributed by atoms with Crippen LogP contribution in [0.5, 0.6) is 5.75 Å². The average molecular weight is 329 g/mol. The molecule has 0 radical (unpaired) electrons. The lowest BCUT2D eigenvalue weighted by atomic mass is 9.86. The highest BCUT2D eigenvalue weighted by Gasteiger charge is 2.51. The van der Waals surface area contributed by atoms with E-state index in [1.807, 2.05) is 78.9 Å².